The highest BCUT2D eigenvalue weighted by atomic mass is 79.9. The first-order valence-electron chi connectivity index (χ1n) is 7.17. The fourth-order valence-corrected chi connectivity index (χ4v) is 3.20. The lowest BCUT2D eigenvalue weighted by atomic mass is 10.1. The molecule has 0 aromatic heterocycles. The number of nitrogens with one attached hydrogen (secondary N) is 1. The molecule has 0 unspecified atom stereocenters. The van der Waals surface area contributed by atoms with Crippen LogP contribution in [0.2, 0.25) is 5.02 Å². The van der Waals surface area contributed by atoms with E-state index in [2.05, 4.69) is 42.4 Å². The van der Waals surface area contributed by atoms with Crippen molar-refractivity contribution in [2.24, 2.45) is 5.10 Å². The van der Waals surface area contributed by atoms with Gasteiger partial charge in [-0.2, -0.15) is 5.10 Å². The number of hydrogen-bond donors (Lipinski definition) is 2. The minimum absolute atomic E-state index is 0.0767. The number of amides is 1. The fourth-order valence-electron chi connectivity index (χ4n) is 2.00. The number of ether oxygens (including phenoxy) is 1. The number of carbonyl (C=O) groups is 1. The molecule has 2 aromatic rings. The van der Waals surface area contributed by atoms with Crippen LogP contribution in [-0.4, -0.2) is 23.8 Å². The van der Waals surface area contributed by atoms with E-state index >= 15 is 0 Å². The molecule has 0 bridgehead atoms. The largest absolute Gasteiger partial charge is 0.507 e. The van der Waals surface area contributed by atoms with Gasteiger partial charge < -0.3 is 9.84 Å². The second-order valence-corrected chi connectivity index (χ2v) is 7.36. The van der Waals surface area contributed by atoms with E-state index in [0.717, 1.165) is 15.6 Å². The lowest BCUT2D eigenvalue weighted by molar-refractivity contribution is -0.123. The number of benzene rings is 2. The number of hydrazone groups is 1. The van der Waals surface area contributed by atoms with E-state index in [0.29, 0.717) is 20.8 Å². The van der Waals surface area contributed by atoms with Crippen molar-refractivity contribution in [3.8, 4) is 11.5 Å². The van der Waals surface area contributed by atoms with Crippen LogP contribution in [0.4, 0.5) is 0 Å². The third-order valence-electron chi connectivity index (χ3n) is 3.24. The summed E-state index contributed by atoms with van der Waals surface area (Å²) in [7, 11) is 0. The van der Waals surface area contributed by atoms with Crippen molar-refractivity contribution in [1.82, 2.24) is 5.43 Å². The predicted octanol–water partition coefficient (Wildman–Crippen LogP) is 4.72. The Balaban J connectivity index is 1.92. The summed E-state index contributed by atoms with van der Waals surface area (Å²) in [4.78, 5) is 11.8. The monoisotopic (exact) mass is 488 g/mol. The summed E-state index contributed by atoms with van der Waals surface area (Å²) in [5, 5.41) is 14.2. The van der Waals surface area contributed by atoms with Gasteiger partial charge in [0.25, 0.3) is 5.91 Å². The molecular formula is C17H15Br2ClN2O3. The lowest BCUT2D eigenvalue weighted by Crippen LogP contribution is -2.24. The molecule has 0 spiro atoms. The van der Waals surface area contributed by atoms with Gasteiger partial charge in [-0.1, -0.05) is 27.5 Å². The average Bonchev–Trinajstić information content (AvgIpc) is 2.55. The van der Waals surface area contributed by atoms with Gasteiger partial charge in [0.15, 0.2) is 6.61 Å². The maximum absolute atomic E-state index is 11.8. The molecule has 1 amide bonds. The van der Waals surface area contributed by atoms with Crippen molar-refractivity contribution < 1.29 is 14.6 Å². The first-order valence-corrected chi connectivity index (χ1v) is 9.13. The summed E-state index contributed by atoms with van der Waals surface area (Å²) >= 11 is 12.7. The molecule has 0 aliphatic heterocycles. The molecule has 2 aromatic carbocycles. The summed E-state index contributed by atoms with van der Waals surface area (Å²) in [6.07, 6.45) is 1.42. The van der Waals surface area contributed by atoms with E-state index < -0.39 is 5.91 Å². The van der Waals surface area contributed by atoms with Crippen LogP contribution in [0.15, 0.2) is 38.3 Å². The Kier molecular flexibility index (Phi) is 6.87. The van der Waals surface area contributed by atoms with Crippen molar-refractivity contribution >= 4 is 55.6 Å². The molecule has 0 radical (unpaired) electrons. The predicted molar refractivity (Wildman–Crippen MR) is 106 cm³/mol. The number of aromatic hydroxyl groups is 1. The molecule has 5 nitrogen and oxygen atoms in total. The highest BCUT2D eigenvalue weighted by Crippen LogP contribution is 2.29. The molecule has 0 aliphatic rings. The van der Waals surface area contributed by atoms with Crippen LogP contribution in [0.3, 0.4) is 0 Å². The second-order valence-electron chi connectivity index (χ2n) is 5.28. The molecular weight excluding hydrogens is 475 g/mol. The van der Waals surface area contributed by atoms with E-state index in [1.54, 1.807) is 18.2 Å². The van der Waals surface area contributed by atoms with Gasteiger partial charge in [-0.3, -0.25) is 4.79 Å². The number of phenols is 1. The summed E-state index contributed by atoms with van der Waals surface area (Å²) in [6, 6.07) is 6.74. The third kappa shape index (κ3) is 5.45. The molecule has 0 fully saturated rings. The Labute approximate surface area is 167 Å². The minimum atomic E-state index is -0.404. The van der Waals surface area contributed by atoms with E-state index in [4.69, 9.17) is 16.3 Å². The van der Waals surface area contributed by atoms with Crippen molar-refractivity contribution in [1.29, 1.82) is 0 Å². The van der Waals surface area contributed by atoms with E-state index in [1.165, 1.54) is 12.3 Å². The zero-order chi connectivity index (χ0) is 18.6. The third-order valence-corrected chi connectivity index (χ3v) is 5.16. The van der Waals surface area contributed by atoms with Gasteiger partial charge in [-0.05, 0) is 65.2 Å². The quantitative estimate of drug-likeness (QED) is 0.471. The average molecular weight is 491 g/mol. The zero-order valence-corrected chi connectivity index (χ0v) is 17.4. The number of aryl methyl sites for hydroxylation is 2. The Morgan fingerprint density at radius 3 is 2.52 bits per heavy atom. The molecule has 2 N–H and O–H groups in total. The number of halogens is 3. The van der Waals surface area contributed by atoms with Crippen LogP contribution in [0.1, 0.15) is 16.7 Å². The van der Waals surface area contributed by atoms with Crippen LogP contribution in [0, 0.1) is 13.8 Å². The van der Waals surface area contributed by atoms with Crippen molar-refractivity contribution in [3.05, 3.63) is 54.9 Å². The molecule has 0 heterocycles. The molecule has 0 saturated heterocycles. The highest BCUT2D eigenvalue weighted by molar-refractivity contribution is 9.11. The molecule has 0 aliphatic carbocycles. The van der Waals surface area contributed by atoms with Crippen LogP contribution in [0.25, 0.3) is 0 Å². The first kappa shape index (κ1) is 19.8. The number of nitrogens with zero attached hydrogens (tertiary/aromatic N) is 1. The Bertz CT molecular complexity index is 818. The molecule has 0 atom stereocenters. The number of carbonyl (C=O) groups excluding carboxylic acids is 1. The van der Waals surface area contributed by atoms with Crippen LogP contribution >= 0.6 is 43.5 Å². The maximum Gasteiger partial charge on any atom is 0.277 e. The van der Waals surface area contributed by atoms with Crippen LogP contribution in [0.5, 0.6) is 11.5 Å². The van der Waals surface area contributed by atoms with Crippen LogP contribution in [-0.2, 0) is 4.79 Å². The van der Waals surface area contributed by atoms with Gasteiger partial charge in [-0.25, -0.2) is 5.43 Å². The van der Waals surface area contributed by atoms with Crippen molar-refractivity contribution in [2.45, 2.75) is 13.8 Å². The minimum Gasteiger partial charge on any atom is -0.507 e. The Morgan fingerprint density at radius 1 is 1.24 bits per heavy atom. The van der Waals surface area contributed by atoms with Gasteiger partial charge in [0.05, 0.1) is 10.7 Å². The standard InChI is InChI=1S/C17H15Br2ClN2O3/c1-9-3-12(4-10(2)17(9)20)25-8-16(24)22-21-7-11-5-15(23)14(19)6-13(11)18/h3-7,23H,8H2,1-2H3,(H,22,24)/b21-7-. The van der Waals surface area contributed by atoms with Gasteiger partial charge >= 0.3 is 0 Å². The summed E-state index contributed by atoms with van der Waals surface area (Å²) < 4.78 is 6.72. The van der Waals surface area contributed by atoms with Crippen molar-refractivity contribution in [3.63, 3.8) is 0 Å². The Hall–Kier alpha value is -1.57. The molecule has 0 saturated carbocycles. The normalized spacial score (nSPS) is 10.9. The van der Waals surface area contributed by atoms with Gasteiger partial charge in [0, 0.05) is 15.1 Å². The van der Waals surface area contributed by atoms with E-state index in [9.17, 15) is 9.90 Å². The van der Waals surface area contributed by atoms with Crippen LogP contribution < -0.4 is 10.2 Å². The Morgan fingerprint density at radius 2 is 1.88 bits per heavy atom. The zero-order valence-electron chi connectivity index (χ0n) is 13.4. The highest BCUT2D eigenvalue weighted by Gasteiger charge is 2.07. The topological polar surface area (TPSA) is 70.9 Å². The number of phenolic OH excluding ortho intramolecular Hbond substituents is 1. The molecule has 8 heteroatoms. The summed E-state index contributed by atoms with van der Waals surface area (Å²) in [5.74, 6) is 0.242. The van der Waals surface area contributed by atoms with E-state index in [1.807, 2.05) is 13.8 Å². The second kappa shape index (κ2) is 8.69. The van der Waals surface area contributed by atoms with Gasteiger partial charge in [-0.15, -0.1) is 0 Å². The van der Waals surface area contributed by atoms with Crippen molar-refractivity contribution in [2.75, 3.05) is 6.61 Å². The SMILES string of the molecule is Cc1cc(OCC(=O)N/N=C\c2cc(O)c(Br)cc2Br)cc(C)c1Cl. The first-order chi connectivity index (χ1) is 11.8. The molecule has 132 valence electrons. The number of rotatable bonds is 5. The number of hydrogen-bond acceptors (Lipinski definition) is 4. The van der Waals surface area contributed by atoms with Gasteiger partial charge in [0.2, 0.25) is 0 Å². The summed E-state index contributed by atoms with van der Waals surface area (Å²) in [5.41, 5.74) is 4.75. The fraction of sp³-hybridized carbons (Fsp3) is 0.176. The van der Waals surface area contributed by atoms with E-state index in [-0.39, 0.29) is 12.4 Å². The van der Waals surface area contributed by atoms with Gasteiger partial charge in [0.1, 0.15) is 11.5 Å². The maximum atomic E-state index is 11.8. The smallest absolute Gasteiger partial charge is 0.277 e. The summed E-state index contributed by atoms with van der Waals surface area (Å²) in [6.45, 7) is 3.57. The molecule has 2 rings (SSSR count). The molecule has 25 heavy (non-hydrogen) atoms. The lowest BCUT2D eigenvalue weighted by Gasteiger charge is -2.09.